The first kappa shape index (κ1) is 13.0. The predicted octanol–water partition coefficient (Wildman–Crippen LogP) is 4.24. The van der Waals surface area contributed by atoms with Gasteiger partial charge in [0, 0.05) is 25.0 Å². The van der Waals surface area contributed by atoms with E-state index in [2.05, 4.69) is 34.9 Å². The molecule has 0 aliphatic heterocycles. The smallest absolute Gasteiger partial charge is 0.203 e. The number of rotatable bonds is 6. The molecular formula is C16H27N3. The maximum absolute atomic E-state index is 4.50. The SMILES string of the molecule is CC(C)CC1(CNc2nccn2C2CC2)CCCC1. The zero-order valence-electron chi connectivity index (χ0n) is 12.4. The minimum Gasteiger partial charge on any atom is -0.355 e. The van der Waals surface area contributed by atoms with Crippen LogP contribution in [-0.2, 0) is 0 Å². The summed E-state index contributed by atoms with van der Waals surface area (Å²) in [5.74, 6) is 1.89. The minimum atomic E-state index is 0.522. The van der Waals surface area contributed by atoms with Gasteiger partial charge in [-0.1, -0.05) is 26.7 Å². The summed E-state index contributed by atoms with van der Waals surface area (Å²) in [6.07, 6.45) is 13.7. The molecule has 106 valence electrons. The molecule has 19 heavy (non-hydrogen) atoms. The molecule has 1 aromatic heterocycles. The van der Waals surface area contributed by atoms with Gasteiger partial charge in [0.25, 0.3) is 0 Å². The van der Waals surface area contributed by atoms with Crippen LogP contribution in [0.4, 0.5) is 5.95 Å². The third-order valence-corrected chi connectivity index (χ3v) is 4.74. The Hall–Kier alpha value is -0.990. The van der Waals surface area contributed by atoms with Crippen molar-refractivity contribution in [1.29, 1.82) is 0 Å². The van der Waals surface area contributed by atoms with Gasteiger partial charge in [-0.3, -0.25) is 0 Å². The molecule has 2 aliphatic rings. The molecule has 0 spiro atoms. The zero-order chi connectivity index (χ0) is 13.3. The van der Waals surface area contributed by atoms with Crippen molar-refractivity contribution in [3.8, 4) is 0 Å². The van der Waals surface area contributed by atoms with Crippen molar-refractivity contribution in [1.82, 2.24) is 9.55 Å². The van der Waals surface area contributed by atoms with Gasteiger partial charge in [0.15, 0.2) is 0 Å². The Kier molecular flexibility index (Phi) is 3.55. The van der Waals surface area contributed by atoms with E-state index < -0.39 is 0 Å². The lowest BCUT2D eigenvalue weighted by molar-refractivity contribution is 0.252. The second kappa shape index (κ2) is 5.18. The maximum atomic E-state index is 4.50. The van der Waals surface area contributed by atoms with E-state index in [4.69, 9.17) is 0 Å². The van der Waals surface area contributed by atoms with Crippen LogP contribution >= 0.6 is 0 Å². The van der Waals surface area contributed by atoms with Gasteiger partial charge in [-0.2, -0.15) is 0 Å². The number of nitrogens with zero attached hydrogens (tertiary/aromatic N) is 2. The Balaban J connectivity index is 1.64. The first-order chi connectivity index (χ1) is 9.19. The number of imidazole rings is 1. The number of nitrogens with one attached hydrogen (secondary N) is 1. The minimum absolute atomic E-state index is 0.522. The molecule has 1 N–H and O–H groups in total. The largest absolute Gasteiger partial charge is 0.355 e. The van der Waals surface area contributed by atoms with E-state index in [0.29, 0.717) is 5.41 Å². The average molecular weight is 261 g/mol. The van der Waals surface area contributed by atoms with Gasteiger partial charge in [0.05, 0.1) is 0 Å². The van der Waals surface area contributed by atoms with Crippen LogP contribution in [0.1, 0.15) is 64.8 Å². The number of hydrogen-bond acceptors (Lipinski definition) is 2. The van der Waals surface area contributed by atoms with Gasteiger partial charge >= 0.3 is 0 Å². The fourth-order valence-corrected chi connectivity index (χ4v) is 3.81. The summed E-state index contributed by atoms with van der Waals surface area (Å²) in [7, 11) is 0. The van der Waals surface area contributed by atoms with Crippen molar-refractivity contribution in [2.24, 2.45) is 11.3 Å². The van der Waals surface area contributed by atoms with Crippen molar-refractivity contribution in [3.05, 3.63) is 12.4 Å². The third-order valence-electron chi connectivity index (χ3n) is 4.74. The van der Waals surface area contributed by atoms with Crippen LogP contribution in [0.3, 0.4) is 0 Å². The second-order valence-electron chi connectivity index (χ2n) is 7.05. The summed E-state index contributed by atoms with van der Waals surface area (Å²) < 4.78 is 2.33. The summed E-state index contributed by atoms with van der Waals surface area (Å²) in [5, 5.41) is 3.65. The molecule has 2 aliphatic carbocycles. The topological polar surface area (TPSA) is 29.9 Å². The Labute approximate surface area is 116 Å². The van der Waals surface area contributed by atoms with E-state index in [1.165, 1.54) is 44.9 Å². The van der Waals surface area contributed by atoms with Crippen molar-refractivity contribution >= 4 is 5.95 Å². The Bertz CT molecular complexity index is 411. The van der Waals surface area contributed by atoms with Crippen LogP contribution in [0.25, 0.3) is 0 Å². The summed E-state index contributed by atoms with van der Waals surface area (Å²) in [6, 6.07) is 0.717. The van der Waals surface area contributed by atoms with E-state index in [1.807, 2.05) is 6.20 Å². The quantitative estimate of drug-likeness (QED) is 0.830. The van der Waals surface area contributed by atoms with Gasteiger partial charge in [-0.05, 0) is 43.4 Å². The van der Waals surface area contributed by atoms with E-state index in [9.17, 15) is 0 Å². The van der Waals surface area contributed by atoms with Crippen LogP contribution in [-0.4, -0.2) is 16.1 Å². The molecule has 1 heterocycles. The van der Waals surface area contributed by atoms with E-state index in [0.717, 1.165) is 24.5 Å². The number of anilines is 1. The lowest BCUT2D eigenvalue weighted by Crippen LogP contribution is -2.29. The summed E-state index contributed by atoms with van der Waals surface area (Å²) in [5.41, 5.74) is 0.522. The van der Waals surface area contributed by atoms with Crippen LogP contribution < -0.4 is 5.32 Å². The van der Waals surface area contributed by atoms with Crippen molar-refractivity contribution in [3.63, 3.8) is 0 Å². The molecule has 2 saturated carbocycles. The normalized spacial score (nSPS) is 22.1. The molecule has 3 rings (SSSR count). The molecule has 0 saturated heterocycles. The van der Waals surface area contributed by atoms with E-state index >= 15 is 0 Å². The Morgan fingerprint density at radius 3 is 2.74 bits per heavy atom. The van der Waals surface area contributed by atoms with Gasteiger partial charge in [0.2, 0.25) is 5.95 Å². The summed E-state index contributed by atoms with van der Waals surface area (Å²) in [4.78, 5) is 4.50. The molecule has 3 heteroatoms. The molecule has 0 radical (unpaired) electrons. The molecule has 2 fully saturated rings. The van der Waals surface area contributed by atoms with Crippen LogP contribution in [0.5, 0.6) is 0 Å². The zero-order valence-corrected chi connectivity index (χ0v) is 12.4. The fourth-order valence-electron chi connectivity index (χ4n) is 3.81. The van der Waals surface area contributed by atoms with Gasteiger partial charge in [-0.15, -0.1) is 0 Å². The van der Waals surface area contributed by atoms with Crippen molar-refractivity contribution in [2.45, 2.75) is 64.8 Å². The Morgan fingerprint density at radius 2 is 2.11 bits per heavy atom. The third kappa shape index (κ3) is 2.96. The molecule has 0 unspecified atom stereocenters. The molecule has 0 bridgehead atoms. The highest BCUT2D eigenvalue weighted by molar-refractivity contribution is 5.28. The molecule has 0 amide bonds. The van der Waals surface area contributed by atoms with Crippen LogP contribution in [0.2, 0.25) is 0 Å². The maximum Gasteiger partial charge on any atom is 0.203 e. The van der Waals surface area contributed by atoms with E-state index in [-0.39, 0.29) is 0 Å². The predicted molar refractivity (Wildman–Crippen MR) is 79.3 cm³/mol. The van der Waals surface area contributed by atoms with Crippen molar-refractivity contribution in [2.75, 3.05) is 11.9 Å². The average Bonchev–Trinajstić information content (AvgIpc) is 2.93. The molecule has 0 aromatic carbocycles. The lowest BCUT2D eigenvalue weighted by atomic mass is 9.78. The lowest BCUT2D eigenvalue weighted by Gasteiger charge is -2.31. The molecule has 0 atom stereocenters. The highest BCUT2D eigenvalue weighted by Crippen LogP contribution is 2.43. The highest BCUT2D eigenvalue weighted by atomic mass is 15.2. The van der Waals surface area contributed by atoms with Crippen molar-refractivity contribution < 1.29 is 0 Å². The van der Waals surface area contributed by atoms with E-state index in [1.54, 1.807) is 0 Å². The summed E-state index contributed by atoms with van der Waals surface area (Å²) >= 11 is 0. The van der Waals surface area contributed by atoms with Crippen LogP contribution in [0.15, 0.2) is 12.4 Å². The molecule has 1 aromatic rings. The number of aromatic nitrogens is 2. The standard InChI is InChI=1S/C16H27N3/c1-13(2)11-16(7-3-4-8-16)12-18-15-17-9-10-19(15)14-5-6-14/h9-10,13-14H,3-8,11-12H2,1-2H3,(H,17,18). The van der Waals surface area contributed by atoms with Gasteiger partial charge in [-0.25, -0.2) is 4.98 Å². The number of hydrogen-bond donors (Lipinski definition) is 1. The van der Waals surface area contributed by atoms with Crippen LogP contribution in [0, 0.1) is 11.3 Å². The van der Waals surface area contributed by atoms with Gasteiger partial charge in [0.1, 0.15) is 0 Å². The summed E-state index contributed by atoms with van der Waals surface area (Å²) in [6.45, 7) is 5.81. The fraction of sp³-hybridized carbons (Fsp3) is 0.812. The second-order valence-corrected chi connectivity index (χ2v) is 7.05. The molecule has 3 nitrogen and oxygen atoms in total. The molecular weight excluding hydrogens is 234 g/mol. The van der Waals surface area contributed by atoms with Gasteiger partial charge < -0.3 is 9.88 Å². The first-order valence-electron chi connectivity index (χ1n) is 7.95. The Morgan fingerprint density at radius 1 is 1.37 bits per heavy atom. The monoisotopic (exact) mass is 261 g/mol. The first-order valence-corrected chi connectivity index (χ1v) is 7.95. The highest BCUT2D eigenvalue weighted by Gasteiger charge is 2.35.